The van der Waals surface area contributed by atoms with Gasteiger partial charge in [-0.2, -0.15) is 5.10 Å². The van der Waals surface area contributed by atoms with Crippen LogP contribution in [-0.4, -0.2) is 40.8 Å². The third kappa shape index (κ3) is 5.19. The van der Waals surface area contributed by atoms with Gasteiger partial charge in [0.2, 0.25) is 0 Å². The van der Waals surface area contributed by atoms with E-state index in [0.717, 1.165) is 25.3 Å². The molecule has 0 amide bonds. The number of hydrogen-bond acceptors (Lipinski definition) is 3. The van der Waals surface area contributed by atoms with Gasteiger partial charge in [0.25, 0.3) is 0 Å². The summed E-state index contributed by atoms with van der Waals surface area (Å²) in [5.74, 6) is 0. The Bertz CT molecular complexity index is 317. The molecule has 18 heavy (non-hydrogen) atoms. The van der Waals surface area contributed by atoms with E-state index < -0.39 is 0 Å². The van der Waals surface area contributed by atoms with Gasteiger partial charge in [-0.1, -0.05) is 13.8 Å². The van der Waals surface area contributed by atoms with Crippen molar-refractivity contribution >= 4 is 0 Å². The molecule has 0 fully saturated rings. The first-order chi connectivity index (χ1) is 8.67. The van der Waals surface area contributed by atoms with Crippen LogP contribution in [0.25, 0.3) is 0 Å². The summed E-state index contributed by atoms with van der Waals surface area (Å²) in [6.07, 6.45) is 4.40. The molecule has 4 nitrogen and oxygen atoms in total. The SMILES string of the molecule is CCN(CC)CCCC(C)NCc1cn[nH]c1C. The van der Waals surface area contributed by atoms with Crippen LogP contribution >= 0.6 is 0 Å². The van der Waals surface area contributed by atoms with Crippen molar-refractivity contribution in [2.24, 2.45) is 0 Å². The molecule has 0 aromatic carbocycles. The predicted octanol–water partition coefficient (Wildman–Crippen LogP) is 2.32. The first-order valence-electron chi connectivity index (χ1n) is 7.11. The maximum atomic E-state index is 4.04. The van der Waals surface area contributed by atoms with Gasteiger partial charge in [-0.3, -0.25) is 5.10 Å². The maximum Gasteiger partial charge on any atom is 0.0535 e. The van der Waals surface area contributed by atoms with Gasteiger partial charge < -0.3 is 10.2 Å². The molecule has 0 spiro atoms. The van der Waals surface area contributed by atoms with Gasteiger partial charge in [-0.15, -0.1) is 0 Å². The molecule has 0 aliphatic heterocycles. The topological polar surface area (TPSA) is 44.0 Å². The summed E-state index contributed by atoms with van der Waals surface area (Å²) in [7, 11) is 0. The summed E-state index contributed by atoms with van der Waals surface area (Å²) in [6.45, 7) is 13.2. The van der Waals surface area contributed by atoms with Crippen molar-refractivity contribution in [3.63, 3.8) is 0 Å². The molecule has 0 radical (unpaired) electrons. The van der Waals surface area contributed by atoms with Gasteiger partial charge in [0.1, 0.15) is 0 Å². The summed E-state index contributed by atoms with van der Waals surface area (Å²) in [6, 6.07) is 0.565. The molecular weight excluding hydrogens is 224 g/mol. The Hall–Kier alpha value is -0.870. The van der Waals surface area contributed by atoms with E-state index in [9.17, 15) is 0 Å². The molecule has 0 saturated heterocycles. The molecule has 0 saturated carbocycles. The van der Waals surface area contributed by atoms with Crippen LogP contribution in [0.3, 0.4) is 0 Å². The van der Waals surface area contributed by atoms with Gasteiger partial charge in [0.05, 0.1) is 6.20 Å². The Morgan fingerprint density at radius 1 is 1.39 bits per heavy atom. The van der Waals surface area contributed by atoms with Crippen molar-refractivity contribution in [3.8, 4) is 0 Å². The smallest absolute Gasteiger partial charge is 0.0535 e. The fourth-order valence-electron chi connectivity index (χ4n) is 2.10. The highest BCUT2D eigenvalue weighted by Crippen LogP contribution is 2.04. The largest absolute Gasteiger partial charge is 0.310 e. The minimum absolute atomic E-state index is 0.565. The number of nitrogens with one attached hydrogen (secondary N) is 2. The van der Waals surface area contributed by atoms with Crippen molar-refractivity contribution < 1.29 is 0 Å². The summed E-state index contributed by atoms with van der Waals surface area (Å²) < 4.78 is 0. The second-order valence-corrected chi connectivity index (χ2v) is 4.97. The number of hydrogen-bond donors (Lipinski definition) is 2. The Labute approximate surface area is 111 Å². The molecule has 1 aromatic heterocycles. The highest BCUT2D eigenvalue weighted by atomic mass is 15.1. The lowest BCUT2D eigenvalue weighted by molar-refractivity contribution is 0.290. The van der Waals surface area contributed by atoms with Crippen LogP contribution in [0.2, 0.25) is 0 Å². The zero-order valence-corrected chi connectivity index (χ0v) is 12.3. The monoisotopic (exact) mass is 252 g/mol. The molecular formula is C14H28N4. The van der Waals surface area contributed by atoms with Crippen LogP contribution in [0.5, 0.6) is 0 Å². The number of aromatic nitrogens is 2. The molecule has 4 heteroatoms. The van der Waals surface area contributed by atoms with E-state index in [-0.39, 0.29) is 0 Å². The molecule has 1 atom stereocenters. The molecule has 1 heterocycles. The van der Waals surface area contributed by atoms with Crippen LogP contribution in [-0.2, 0) is 6.54 Å². The van der Waals surface area contributed by atoms with E-state index in [2.05, 4.69) is 48.1 Å². The number of nitrogens with zero attached hydrogens (tertiary/aromatic N) is 2. The predicted molar refractivity (Wildman–Crippen MR) is 76.6 cm³/mol. The van der Waals surface area contributed by atoms with Crippen LogP contribution in [0.15, 0.2) is 6.20 Å². The fourth-order valence-corrected chi connectivity index (χ4v) is 2.10. The second kappa shape index (κ2) is 8.27. The Kier molecular flexibility index (Phi) is 6.98. The first kappa shape index (κ1) is 15.2. The lowest BCUT2D eigenvalue weighted by Crippen LogP contribution is -2.28. The molecule has 0 bridgehead atoms. The van der Waals surface area contributed by atoms with Crippen molar-refractivity contribution in [2.75, 3.05) is 19.6 Å². The van der Waals surface area contributed by atoms with Crippen molar-refractivity contribution in [2.45, 2.75) is 53.1 Å². The highest BCUT2D eigenvalue weighted by Gasteiger charge is 2.05. The number of rotatable bonds is 9. The van der Waals surface area contributed by atoms with E-state index in [1.807, 2.05) is 6.20 Å². The Morgan fingerprint density at radius 3 is 2.67 bits per heavy atom. The molecule has 104 valence electrons. The quantitative estimate of drug-likeness (QED) is 0.709. The van der Waals surface area contributed by atoms with Crippen LogP contribution in [0.4, 0.5) is 0 Å². The van der Waals surface area contributed by atoms with Crippen LogP contribution in [0.1, 0.15) is 44.9 Å². The summed E-state index contributed by atoms with van der Waals surface area (Å²) in [4.78, 5) is 2.48. The molecule has 0 aliphatic rings. The van der Waals surface area contributed by atoms with Gasteiger partial charge in [0, 0.05) is 23.8 Å². The average Bonchev–Trinajstić information content (AvgIpc) is 2.78. The molecule has 2 N–H and O–H groups in total. The Morgan fingerprint density at radius 2 is 2.11 bits per heavy atom. The lowest BCUT2D eigenvalue weighted by Gasteiger charge is -2.19. The van der Waals surface area contributed by atoms with E-state index in [1.165, 1.54) is 24.9 Å². The van der Waals surface area contributed by atoms with Crippen LogP contribution in [0, 0.1) is 6.92 Å². The fraction of sp³-hybridized carbons (Fsp3) is 0.786. The molecule has 1 rings (SSSR count). The van der Waals surface area contributed by atoms with Crippen molar-refractivity contribution in [3.05, 3.63) is 17.5 Å². The normalized spacial score (nSPS) is 13.2. The number of aryl methyl sites for hydroxylation is 1. The van der Waals surface area contributed by atoms with Gasteiger partial charge in [-0.25, -0.2) is 0 Å². The number of aromatic amines is 1. The molecule has 0 aliphatic carbocycles. The zero-order chi connectivity index (χ0) is 13.4. The number of H-pyrrole nitrogens is 1. The zero-order valence-electron chi connectivity index (χ0n) is 12.3. The lowest BCUT2D eigenvalue weighted by atomic mass is 10.1. The summed E-state index contributed by atoms with van der Waals surface area (Å²) in [5, 5.41) is 10.6. The molecule has 1 aromatic rings. The first-order valence-corrected chi connectivity index (χ1v) is 7.11. The van der Waals surface area contributed by atoms with E-state index in [1.54, 1.807) is 0 Å². The molecule has 1 unspecified atom stereocenters. The standard InChI is InChI=1S/C14H28N4/c1-5-18(6-2)9-7-8-12(3)15-10-14-11-16-17-13(14)4/h11-12,15H,5-10H2,1-4H3,(H,16,17). The van der Waals surface area contributed by atoms with Gasteiger partial charge in [0.15, 0.2) is 0 Å². The van der Waals surface area contributed by atoms with E-state index in [0.29, 0.717) is 6.04 Å². The third-order valence-electron chi connectivity index (χ3n) is 3.58. The maximum absolute atomic E-state index is 4.04. The van der Waals surface area contributed by atoms with Crippen molar-refractivity contribution in [1.29, 1.82) is 0 Å². The van der Waals surface area contributed by atoms with Crippen LogP contribution < -0.4 is 5.32 Å². The van der Waals surface area contributed by atoms with Gasteiger partial charge >= 0.3 is 0 Å². The average molecular weight is 252 g/mol. The minimum atomic E-state index is 0.565. The van der Waals surface area contributed by atoms with E-state index in [4.69, 9.17) is 0 Å². The second-order valence-electron chi connectivity index (χ2n) is 4.97. The third-order valence-corrected chi connectivity index (χ3v) is 3.58. The minimum Gasteiger partial charge on any atom is -0.310 e. The van der Waals surface area contributed by atoms with E-state index >= 15 is 0 Å². The highest BCUT2D eigenvalue weighted by molar-refractivity contribution is 5.13. The Balaban J connectivity index is 2.14. The van der Waals surface area contributed by atoms with Crippen molar-refractivity contribution in [1.82, 2.24) is 20.4 Å². The van der Waals surface area contributed by atoms with Gasteiger partial charge in [-0.05, 0) is 46.3 Å². The summed E-state index contributed by atoms with van der Waals surface area (Å²) >= 11 is 0. The summed E-state index contributed by atoms with van der Waals surface area (Å²) in [5.41, 5.74) is 2.43.